The first kappa shape index (κ1) is 11.7. The van der Waals surface area contributed by atoms with Gasteiger partial charge in [0.15, 0.2) is 0 Å². The second kappa shape index (κ2) is 4.24. The van der Waals surface area contributed by atoms with Crippen molar-refractivity contribution in [2.45, 2.75) is 58.1 Å². The van der Waals surface area contributed by atoms with E-state index >= 15 is 0 Å². The van der Waals surface area contributed by atoms with E-state index in [0.717, 1.165) is 18.3 Å². The molecule has 1 unspecified atom stereocenters. The van der Waals surface area contributed by atoms with Crippen LogP contribution < -0.4 is 10.9 Å². The minimum absolute atomic E-state index is 0.379. The number of hydrazine groups is 1. The maximum atomic E-state index is 11.4. The van der Waals surface area contributed by atoms with Crippen LogP contribution in [0.5, 0.6) is 0 Å². The number of carbonyl (C=O) groups excluding carboxylic acids is 1. The van der Waals surface area contributed by atoms with Crippen molar-refractivity contribution in [1.82, 2.24) is 10.9 Å². The molecule has 2 aliphatic carbocycles. The maximum Gasteiger partial charge on any atom is 0.422 e. The average molecular weight is 226 g/mol. The molecule has 0 aromatic carbocycles. The highest BCUT2D eigenvalue weighted by Gasteiger charge is 2.45. The summed E-state index contributed by atoms with van der Waals surface area (Å²) in [6.07, 6.45) is 4.75. The third-order valence-corrected chi connectivity index (χ3v) is 3.34. The summed E-state index contributed by atoms with van der Waals surface area (Å²) in [5.74, 6) is 1.69. The Kier molecular flexibility index (Phi) is 3.10. The van der Waals surface area contributed by atoms with Crippen LogP contribution in [0.4, 0.5) is 4.79 Å². The van der Waals surface area contributed by atoms with E-state index in [1.54, 1.807) is 0 Å². The molecule has 0 radical (unpaired) electrons. The summed E-state index contributed by atoms with van der Waals surface area (Å²) < 4.78 is 5.17. The van der Waals surface area contributed by atoms with Gasteiger partial charge < -0.3 is 4.74 Å². The van der Waals surface area contributed by atoms with Crippen LogP contribution in [0.1, 0.15) is 46.5 Å². The van der Waals surface area contributed by atoms with Crippen molar-refractivity contribution in [3.05, 3.63) is 0 Å². The van der Waals surface area contributed by atoms with Crippen molar-refractivity contribution in [2.75, 3.05) is 0 Å². The fourth-order valence-electron chi connectivity index (χ4n) is 2.54. The summed E-state index contributed by atoms with van der Waals surface area (Å²) in [6, 6.07) is 0.450. The third-order valence-electron chi connectivity index (χ3n) is 3.34. The molecule has 0 spiro atoms. The van der Waals surface area contributed by atoms with Gasteiger partial charge in [0.1, 0.15) is 5.60 Å². The lowest BCUT2D eigenvalue weighted by atomic mass is 9.96. The third kappa shape index (κ3) is 3.11. The van der Waals surface area contributed by atoms with E-state index in [9.17, 15) is 4.79 Å². The SMILES string of the molecule is CC(C)(C)OC(=O)NNC1CCC[C@@H]2C[C@H]12. The first-order valence-electron chi connectivity index (χ1n) is 6.20. The van der Waals surface area contributed by atoms with Crippen molar-refractivity contribution in [1.29, 1.82) is 0 Å². The second-order valence-corrected chi connectivity index (χ2v) is 5.97. The quantitative estimate of drug-likeness (QED) is 0.710. The molecule has 0 saturated heterocycles. The number of carbonyl (C=O) groups is 1. The molecule has 0 aromatic rings. The minimum Gasteiger partial charge on any atom is -0.443 e. The molecule has 2 N–H and O–H groups in total. The number of rotatable bonds is 2. The molecule has 0 heterocycles. The van der Waals surface area contributed by atoms with Gasteiger partial charge in [-0.3, -0.25) is 5.43 Å². The normalized spacial score (nSPS) is 32.8. The van der Waals surface area contributed by atoms with E-state index in [4.69, 9.17) is 4.74 Å². The second-order valence-electron chi connectivity index (χ2n) is 5.97. The Labute approximate surface area is 97.1 Å². The lowest BCUT2D eigenvalue weighted by Gasteiger charge is -2.25. The zero-order valence-electron chi connectivity index (χ0n) is 10.4. The predicted molar refractivity (Wildman–Crippen MR) is 61.7 cm³/mol. The van der Waals surface area contributed by atoms with Crippen LogP contribution >= 0.6 is 0 Å². The smallest absolute Gasteiger partial charge is 0.422 e. The van der Waals surface area contributed by atoms with E-state index < -0.39 is 5.60 Å². The molecule has 2 rings (SSSR count). The van der Waals surface area contributed by atoms with Crippen LogP contribution in [0, 0.1) is 11.8 Å². The molecule has 16 heavy (non-hydrogen) atoms. The van der Waals surface area contributed by atoms with Crippen LogP contribution in [-0.2, 0) is 4.74 Å². The van der Waals surface area contributed by atoms with Gasteiger partial charge in [-0.05, 0) is 45.4 Å². The Morgan fingerprint density at radius 3 is 2.75 bits per heavy atom. The average Bonchev–Trinajstić information content (AvgIpc) is 2.90. The van der Waals surface area contributed by atoms with Crippen molar-refractivity contribution >= 4 is 6.09 Å². The first-order valence-corrected chi connectivity index (χ1v) is 6.20. The molecule has 4 nitrogen and oxygen atoms in total. The number of hydrogen-bond acceptors (Lipinski definition) is 3. The number of fused-ring (bicyclic) bond motifs is 1. The summed E-state index contributed by atoms with van der Waals surface area (Å²) in [4.78, 5) is 11.4. The Balaban J connectivity index is 1.69. The number of hydrogen-bond donors (Lipinski definition) is 2. The lowest BCUT2D eigenvalue weighted by molar-refractivity contribution is 0.0480. The highest BCUT2D eigenvalue weighted by Crippen LogP contribution is 2.49. The van der Waals surface area contributed by atoms with Gasteiger partial charge in [-0.1, -0.05) is 12.8 Å². The first-order chi connectivity index (χ1) is 7.46. The maximum absolute atomic E-state index is 11.4. The predicted octanol–water partition coefficient (Wildman–Crippen LogP) is 2.20. The molecule has 2 fully saturated rings. The van der Waals surface area contributed by atoms with Crippen LogP contribution in [0.25, 0.3) is 0 Å². The van der Waals surface area contributed by atoms with Crippen LogP contribution in [0.2, 0.25) is 0 Å². The number of nitrogens with one attached hydrogen (secondary N) is 2. The van der Waals surface area contributed by atoms with Crippen molar-refractivity contribution in [3.63, 3.8) is 0 Å². The van der Waals surface area contributed by atoms with Gasteiger partial charge in [0.05, 0.1) is 0 Å². The van der Waals surface area contributed by atoms with Gasteiger partial charge in [0.2, 0.25) is 0 Å². The molecular weight excluding hydrogens is 204 g/mol. The highest BCUT2D eigenvalue weighted by atomic mass is 16.6. The zero-order chi connectivity index (χ0) is 11.8. The summed E-state index contributed by atoms with van der Waals surface area (Å²) >= 11 is 0. The zero-order valence-corrected chi connectivity index (χ0v) is 10.4. The van der Waals surface area contributed by atoms with E-state index in [1.165, 1.54) is 19.3 Å². The molecule has 92 valence electrons. The molecule has 1 amide bonds. The van der Waals surface area contributed by atoms with Crippen molar-refractivity contribution in [3.8, 4) is 0 Å². The molecule has 3 atom stereocenters. The molecule has 0 aromatic heterocycles. The molecule has 0 bridgehead atoms. The summed E-state index contributed by atoms with van der Waals surface area (Å²) in [7, 11) is 0. The van der Waals surface area contributed by atoms with Crippen molar-refractivity contribution in [2.24, 2.45) is 11.8 Å². The Hall–Kier alpha value is -0.770. The molecule has 4 heteroatoms. The fourth-order valence-corrected chi connectivity index (χ4v) is 2.54. The van der Waals surface area contributed by atoms with Gasteiger partial charge in [-0.2, -0.15) is 0 Å². The van der Waals surface area contributed by atoms with E-state index in [0.29, 0.717) is 6.04 Å². The Bertz CT molecular complexity index is 273. The monoisotopic (exact) mass is 226 g/mol. The van der Waals surface area contributed by atoms with Gasteiger partial charge in [0.25, 0.3) is 0 Å². The summed E-state index contributed by atoms with van der Waals surface area (Å²) in [5.41, 5.74) is 5.34. The van der Waals surface area contributed by atoms with Gasteiger partial charge in [-0.15, -0.1) is 0 Å². The van der Waals surface area contributed by atoms with Gasteiger partial charge >= 0.3 is 6.09 Å². The van der Waals surface area contributed by atoms with Crippen LogP contribution in [0.15, 0.2) is 0 Å². The van der Waals surface area contributed by atoms with E-state index in [2.05, 4.69) is 10.9 Å². The fraction of sp³-hybridized carbons (Fsp3) is 0.917. The highest BCUT2D eigenvalue weighted by molar-refractivity contribution is 5.67. The molecule has 2 saturated carbocycles. The Morgan fingerprint density at radius 2 is 2.06 bits per heavy atom. The van der Waals surface area contributed by atoms with Gasteiger partial charge in [-0.25, -0.2) is 10.2 Å². The molecular formula is C12H22N2O2. The standard InChI is InChI=1S/C12H22N2O2/c1-12(2,3)16-11(15)14-13-10-6-4-5-8-7-9(8)10/h8-10,13H,4-7H2,1-3H3,(H,14,15)/t8-,9+,10?/m1/s1. The minimum atomic E-state index is -0.430. The largest absolute Gasteiger partial charge is 0.443 e. The number of ether oxygens (including phenoxy) is 1. The summed E-state index contributed by atoms with van der Waals surface area (Å²) in [5, 5.41) is 0. The Morgan fingerprint density at radius 1 is 1.31 bits per heavy atom. The van der Waals surface area contributed by atoms with Gasteiger partial charge in [0, 0.05) is 6.04 Å². The van der Waals surface area contributed by atoms with E-state index in [1.807, 2.05) is 20.8 Å². The molecule has 2 aliphatic rings. The molecule has 0 aliphatic heterocycles. The number of amides is 1. The van der Waals surface area contributed by atoms with Crippen LogP contribution in [0.3, 0.4) is 0 Å². The van der Waals surface area contributed by atoms with Crippen LogP contribution in [-0.4, -0.2) is 17.7 Å². The summed E-state index contributed by atoms with van der Waals surface area (Å²) in [6.45, 7) is 5.60. The lowest BCUT2D eigenvalue weighted by Crippen LogP contribution is -2.48. The van der Waals surface area contributed by atoms with Crippen molar-refractivity contribution < 1.29 is 9.53 Å². The van der Waals surface area contributed by atoms with E-state index in [-0.39, 0.29) is 6.09 Å². The topological polar surface area (TPSA) is 50.4 Å².